The van der Waals surface area contributed by atoms with Crippen molar-refractivity contribution < 1.29 is 4.79 Å². The molecular formula is C15H16N2OS. The van der Waals surface area contributed by atoms with Gasteiger partial charge in [-0.2, -0.15) is 0 Å². The second-order valence-electron chi connectivity index (χ2n) is 4.06. The molecule has 0 radical (unpaired) electrons. The maximum absolute atomic E-state index is 12.2. The van der Waals surface area contributed by atoms with E-state index in [0.717, 1.165) is 16.1 Å². The zero-order chi connectivity index (χ0) is 13.7. The van der Waals surface area contributed by atoms with E-state index in [2.05, 4.69) is 5.32 Å². The molecular weight excluding hydrogens is 256 g/mol. The van der Waals surface area contributed by atoms with Crippen molar-refractivity contribution in [3.05, 3.63) is 59.7 Å². The second-order valence-corrected chi connectivity index (χ2v) is 4.91. The minimum Gasteiger partial charge on any atom is -0.326 e. The van der Waals surface area contributed by atoms with Gasteiger partial charge in [0.15, 0.2) is 0 Å². The molecule has 19 heavy (non-hydrogen) atoms. The minimum atomic E-state index is -0.0980. The van der Waals surface area contributed by atoms with Gasteiger partial charge in [-0.3, -0.25) is 4.79 Å². The lowest BCUT2D eigenvalue weighted by atomic mass is 10.1. The van der Waals surface area contributed by atoms with Crippen LogP contribution in [0.4, 0.5) is 5.69 Å². The van der Waals surface area contributed by atoms with E-state index in [0.29, 0.717) is 12.1 Å². The molecule has 0 fully saturated rings. The van der Waals surface area contributed by atoms with Crippen LogP contribution in [0.1, 0.15) is 15.9 Å². The normalized spacial score (nSPS) is 10.2. The molecule has 0 aliphatic rings. The highest BCUT2D eigenvalue weighted by atomic mass is 32.2. The molecule has 4 heteroatoms. The highest BCUT2D eigenvalue weighted by Gasteiger charge is 2.10. The summed E-state index contributed by atoms with van der Waals surface area (Å²) in [6.45, 7) is 0.463. The number of benzene rings is 2. The summed E-state index contributed by atoms with van der Waals surface area (Å²) in [6.07, 6.45) is 1.96. The SMILES string of the molecule is CSc1ccccc1C(=O)Nc1cccc(CN)c1. The number of carbonyl (C=O) groups excluding carboxylic acids is 1. The number of hydrogen-bond acceptors (Lipinski definition) is 3. The van der Waals surface area contributed by atoms with E-state index < -0.39 is 0 Å². The first-order valence-electron chi connectivity index (χ1n) is 5.98. The molecule has 3 nitrogen and oxygen atoms in total. The smallest absolute Gasteiger partial charge is 0.256 e. The lowest BCUT2D eigenvalue weighted by molar-refractivity contribution is 0.102. The summed E-state index contributed by atoms with van der Waals surface area (Å²) in [6, 6.07) is 15.1. The van der Waals surface area contributed by atoms with E-state index in [-0.39, 0.29) is 5.91 Å². The molecule has 2 aromatic carbocycles. The van der Waals surface area contributed by atoms with Gasteiger partial charge in [0.25, 0.3) is 5.91 Å². The van der Waals surface area contributed by atoms with E-state index in [4.69, 9.17) is 5.73 Å². The Morgan fingerprint density at radius 3 is 2.74 bits per heavy atom. The third-order valence-corrected chi connectivity index (χ3v) is 3.57. The largest absolute Gasteiger partial charge is 0.326 e. The maximum Gasteiger partial charge on any atom is 0.256 e. The van der Waals surface area contributed by atoms with Gasteiger partial charge in [0.1, 0.15) is 0 Å². The van der Waals surface area contributed by atoms with Gasteiger partial charge in [-0.05, 0) is 36.1 Å². The van der Waals surface area contributed by atoms with Crippen LogP contribution in [0.5, 0.6) is 0 Å². The summed E-state index contributed by atoms with van der Waals surface area (Å²) in [5.41, 5.74) is 8.04. The van der Waals surface area contributed by atoms with Crippen LogP contribution >= 0.6 is 11.8 Å². The van der Waals surface area contributed by atoms with Gasteiger partial charge in [-0.1, -0.05) is 24.3 Å². The van der Waals surface area contributed by atoms with Crippen LogP contribution in [0.3, 0.4) is 0 Å². The maximum atomic E-state index is 12.2. The molecule has 0 aliphatic heterocycles. The number of rotatable bonds is 4. The van der Waals surface area contributed by atoms with Gasteiger partial charge in [0.05, 0.1) is 5.56 Å². The lowest BCUT2D eigenvalue weighted by Crippen LogP contribution is -2.13. The molecule has 98 valence electrons. The van der Waals surface area contributed by atoms with E-state index >= 15 is 0 Å². The Labute approximate surface area is 117 Å². The van der Waals surface area contributed by atoms with E-state index in [1.54, 1.807) is 11.8 Å². The number of hydrogen-bond donors (Lipinski definition) is 2. The monoisotopic (exact) mass is 272 g/mol. The fourth-order valence-corrected chi connectivity index (χ4v) is 2.40. The molecule has 0 aliphatic carbocycles. The van der Waals surface area contributed by atoms with Crippen LogP contribution < -0.4 is 11.1 Å². The van der Waals surface area contributed by atoms with Crippen LogP contribution in [0.25, 0.3) is 0 Å². The van der Waals surface area contributed by atoms with Crippen molar-refractivity contribution in [3.63, 3.8) is 0 Å². The molecule has 0 heterocycles. The molecule has 0 spiro atoms. The minimum absolute atomic E-state index is 0.0980. The number of nitrogens with one attached hydrogen (secondary N) is 1. The second kappa shape index (κ2) is 6.41. The number of thioether (sulfide) groups is 1. The first-order valence-corrected chi connectivity index (χ1v) is 7.20. The lowest BCUT2D eigenvalue weighted by Gasteiger charge is -2.09. The van der Waals surface area contributed by atoms with Crippen molar-refractivity contribution in [2.45, 2.75) is 11.4 Å². The third-order valence-electron chi connectivity index (χ3n) is 2.77. The Hall–Kier alpha value is -1.78. The molecule has 0 aromatic heterocycles. The standard InChI is InChI=1S/C15H16N2OS/c1-19-14-8-3-2-7-13(14)15(18)17-12-6-4-5-11(9-12)10-16/h2-9H,10,16H2,1H3,(H,17,18). The molecule has 0 atom stereocenters. The summed E-state index contributed by atoms with van der Waals surface area (Å²) >= 11 is 1.56. The van der Waals surface area contributed by atoms with Crippen LogP contribution in [-0.4, -0.2) is 12.2 Å². The average Bonchev–Trinajstić information content (AvgIpc) is 2.47. The Balaban J connectivity index is 2.20. The number of anilines is 1. The summed E-state index contributed by atoms with van der Waals surface area (Å²) < 4.78 is 0. The predicted octanol–water partition coefficient (Wildman–Crippen LogP) is 3.12. The van der Waals surface area contributed by atoms with Gasteiger partial charge in [0.2, 0.25) is 0 Å². The number of nitrogens with two attached hydrogens (primary N) is 1. The molecule has 2 aromatic rings. The highest BCUT2D eigenvalue weighted by Crippen LogP contribution is 2.21. The summed E-state index contributed by atoms with van der Waals surface area (Å²) in [5, 5.41) is 2.90. The van der Waals surface area contributed by atoms with Crippen molar-refractivity contribution >= 4 is 23.4 Å². The van der Waals surface area contributed by atoms with Gasteiger partial charge in [0, 0.05) is 17.1 Å². The summed E-state index contributed by atoms with van der Waals surface area (Å²) in [5.74, 6) is -0.0980. The van der Waals surface area contributed by atoms with Crippen molar-refractivity contribution in [2.75, 3.05) is 11.6 Å². The van der Waals surface area contributed by atoms with E-state index in [9.17, 15) is 4.79 Å². The Morgan fingerprint density at radius 1 is 1.21 bits per heavy atom. The Morgan fingerprint density at radius 2 is 2.00 bits per heavy atom. The quantitative estimate of drug-likeness (QED) is 0.841. The van der Waals surface area contributed by atoms with Gasteiger partial charge in [-0.25, -0.2) is 0 Å². The van der Waals surface area contributed by atoms with Gasteiger partial charge < -0.3 is 11.1 Å². The fourth-order valence-electron chi connectivity index (χ4n) is 1.81. The van der Waals surface area contributed by atoms with Gasteiger partial charge >= 0.3 is 0 Å². The first kappa shape index (κ1) is 13.6. The number of amides is 1. The first-order chi connectivity index (χ1) is 9.24. The fraction of sp³-hybridized carbons (Fsp3) is 0.133. The van der Waals surface area contributed by atoms with Crippen molar-refractivity contribution in [1.29, 1.82) is 0 Å². The predicted molar refractivity (Wildman–Crippen MR) is 80.5 cm³/mol. The van der Waals surface area contributed by atoms with Crippen molar-refractivity contribution in [2.24, 2.45) is 5.73 Å². The molecule has 2 rings (SSSR count). The zero-order valence-electron chi connectivity index (χ0n) is 10.7. The number of carbonyl (C=O) groups is 1. The Kier molecular flexibility index (Phi) is 4.60. The topological polar surface area (TPSA) is 55.1 Å². The highest BCUT2D eigenvalue weighted by molar-refractivity contribution is 7.98. The van der Waals surface area contributed by atoms with Gasteiger partial charge in [-0.15, -0.1) is 11.8 Å². The average molecular weight is 272 g/mol. The van der Waals surface area contributed by atoms with Crippen LogP contribution in [0, 0.1) is 0 Å². The third kappa shape index (κ3) is 3.36. The van der Waals surface area contributed by atoms with Crippen molar-refractivity contribution in [3.8, 4) is 0 Å². The molecule has 0 saturated carbocycles. The molecule has 0 saturated heterocycles. The summed E-state index contributed by atoms with van der Waals surface area (Å²) in [4.78, 5) is 13.2. The Bertz CT molecular complexity index is 584. The van der Waals surface area contributed by atoms with Crippen LogP contribution in [-0.2, 0) is 6.54 Å². The molecule has 3 N–H and O–H groups in total. The summed E-state index contributed by atoms with van der Waals surface area (Å²) in [7, 11) is 0. The van der Waals surface area contributed by atoms with E-state index in [1.807, 2.05) is 54.8 Å². The zero-order valence-corrected chi connectivity index (χ0v) is 11.5. The van der Waals surface area contributed by atoms with Crippen LogP contribution in [0.15, 0.2) is 53.4 Å². The van der Waals surface area contributed by atoms with E-state index in [1.165, 1.54) is 0 Å². The van der Waals surface area contributed by atoms with Crippen LogP contribution in [0.2, 0.25) is 0 Å². The van der Waals surface area contributed by atoms with Crippen molar-refractivity contribution in [1.82, 2.24) is 0 Å². The molecule has 0 bridgehead atoms. The molecule has 1 amide bonds. The molecule has 0 unspecified atom stereocenters.